The maximum atomic E-state index is 3.50. The van der Waals surface area contributed by atoms with Gasteiger partial charge in [-0.05, 0) is 35.7 Å². The summed E-state index contributed by atoms with van der Waals surface area (Å²) in [5, 5.41) is 6.21. The van der Waals surface area contributed by atoms with Gasteiger partial charge in [0.2, 0.25) is 0 Å². The minimum absolute atomic E-state index is 0.431. The average Bonchev–Trinajstić information content (AvgIpc) is 3.17. The third-order valence-electron chi connectivity index (χ3n) is 3.93. The van der Waals surface area contributed by atoms with E-state index in [1.54, 1.807) is 0 Å². The quantitative estimate of drug-likeness (QED) is 0.840. The van der Waals surface area contributed by atoms with Gasteiger partial charge in [0.1, 0.15) is 0 Å². The highest BCUT2D eigenvalue weighted by Crippen LogP contribution is 2.48. The van der Waals surface area contributed by atoms with Crippen LogP contribution in [0.15, 0.2) is 42.5 Å². The van der Waals surface area contributed by atoms with Gasteiger partial charge in [-0.25, -0.2) is 0 Å². The Morgan fingerprint density at radius 2 is 1.82 bits per heavy atom. The molecule has 1 nitrogen and oxygen atoms in total. The third-order valence-corrected chi connectivity index (χ3v) is 3.93. The summed E-state index contributed by atoms with van der Waals surface area (Å²) in [5.41, 5.74) is 1.94. The Hall–Kier alpha value is -1.34. The fraction of sp³-hybridized carbons (Fsp3) is 0.375. The second kappa shape index (κ2) is 4.15. The summed E-state index contributed by atoms with van der Waals surface area (Å²) < 4.78 is 0. The van der Waals surface area contributed by atoms with Crippen LogP contribution in [0.5, 0.6) is 0 Å². The highest BCUT2D eigenvalue weighted by molar-refractivity contribution is 5.83. The van der Waals surface area contributed by atoms with E-state index in [1.165, 1.54) is 29.2 Å². The molecule has 0 amide bonds. The van der Waals surface area contributed by atoms with Gasteiger partial charge in [0.15, 0.2) is 0 Å². The molecular formula is C16H19N. The predicted molar refractivity (Wildman–Crippen MR) is 73.4 cm³/mol. The van der Waals surface area contributed by atoms with Crippen LogP contribution in [0.3, 0.4) is 0 Å². The van der Waals surface area contributed by atoms with E-state index in [4.69, 9.17) is 0 Å². The second-order valence-electron chi connectivity index (χ2n) is 5.12. The molecule has 2 aromatic carbocycles. The molecule has 0 unspecified atom stereocenters. The summed E-state index contributed by atoms with van der Waals surface area (Å²) >= 11 is 0. The Kier molecular flexibility index (Phi) is 2.64. The Bertz CT molecular complexity index is 526. The fourth-order valence-corrected chi connectivity index (χ4v) is 2.60. The van der Waals surface area contributed by atoms with Crippen molar-refractivity contribution >= 4 is 10.8 Å². The van der Waals surface area contributed by atoms with Crippen LogP contribution in [0, 0.1) is 0 Å². The van der Waals surface area contributed by atoms with Crippen molar-refractivity contribution in [1.29, 1.82) is 0 Å². The molecule has 0 atom stereocenters. The lowest BCUT2D eigenvalue weighted by atomic mass is 9.93. The van der Waals surface area contributed by atoms with Crippen molar-refractivity contribution < 1.29 is 0 Å². The number of likely N-dealkylation sites (N-methyl/N-ethyl adjacent to an activating group) is 1. The largest absolute Gasteiger partial charge is 0.316 e. The molecule has 2 aromatic rings. The summed E-state index contributed by atoms with van der Waals surface area (Å²) in [6, 6.07) is 15.6. The minimum Gasteiger partial charge on any atom is -0.316 e. The molecule has 0 saturated heterocycles. The molecule has 1 fully saturated rings. The van der Waals surface area contributed by atoms with Crippen LogP contribution in [0.2, 0.25) is 0 Å². The van der Waals surface area contributed by atoms with Crippen molar-refractivity contribution in [1.82, 2.24) is 5.32 Å². The van der Waals surface area contributed by atoms with E-state index in [1.807, 2.05) is 0 Å². The van der Waals surface area contributed by atoms with Crippen molar-refractivity contribution in [3.63, 3.8) is 0 Å². The molecule has 1 saturated carbocycles. The first-order valence-electron chi connectivity index (χ1n) is 6.54. The highest BCUT2D eigenvalue weighted by Gasteiger charge is 2.43. The standard InChI is InChI=1S/C16H19N/c1-2-17-12-16(9-10-16)15-8-7-13-5-3-4-6-14(13)11-15/h3-8,11,17H,2,9-10,12H2,1H3. The van der Waals surface area contributed by atoms with Crippen molar-refractivity contribution in [3.8, 4) is 0 Å². The molecule has 1 N–H and O–H groups in total. The van der Waals surface area contributed by atoms with E-state index < -0.39 is 0 Å². The van der Waals surface area contributed by atoms with Crippen LogP contribution in [0.25, 0.3) is 10.8 Å². The zero-order valence-electron chi connectivity index (χ0n) is 10.4. The summed E-state index contributed by atoms with van der Waals surface area (Å²) in [5.74, 6) is 0. The molecule has 0 bridgehead atoms. The molecular weight excluding hydrogens is 206 g/mol. The maximum Gasteiger partial charge on any atom is 0.00786 e. The van der Waals surface area contributed by atoms with Crippen LogP contribution >= 0.6 is 0 Å². The van der Waals surface area contributed by atoms with Gasteiger partial charge >= 0.3 is 0 Å². The van der Waals surface area contributed by atoms with Gasteiger partial charge in [-0.2, -0.15) is 0 Å². The third kappa shape index (κ3) is 1.96. The number of hydrogen-bond donors (Lipinski definition) is 1. The Labute approximate surface area is 103 Å². The van der Waals surface area contributed by atoms with Gasteiger partial charge in [-0.15, -0.1) is 0 Å². The van der Waals surface area contributed by atoms with Gasteiger partial charge in [-0.1, -0.05) is 49.4 Å². The Morgan fingerprint density at radius 1 is 1.06 bits per heavy atom. The van der Waals surface area contributed by atoms with Gasteiger partial charge in [0, 0.05) is 12.0 Å². The molecule has 88 valence electrons. The molecule has 0 aromatic heterocycles. The number of benzene rings is 2. The zero-order chi connectivity index (χ0) is 11.7. The van der Waals surface area contributed by atoms with E-state index in [0.717, 1.165) is 13.1 Å². The summed E-state index contributed by atoms with van der Waals surface area (Å²) in [7, 11) is 0. The lowest BCUT2D eigenvalue weighted by Gasteiger charge is -2.16. The molecule has 0 heterocycles. The minimum atomic E-state index is 0.431. The summed E-state index contributed by atoms with van der Waals surface area (Å²) in [4.78, 5) is 0. The number of rotatable bonds is 4. The van der Waals surface area contributed by atoms with E-state index in [0.29, 0.717) is 5.41 Å². The first-order valence-corrected chi connectivity index (χ1v) is 6.54. The van der Waals surface area contributed by atoms with E-state index in [2.05, 4.69) is 54.7 Å². The number of nitrogens with one attached hydrogen (secondary N) is 1. The van der Waals surface area contributed by atoms with Crippen molar-refractivity contribution in [2.75, 3.05) is 13.1 Å². The van der Waals surface area contributed by atoms with Crippen molar-refractivity contribution in [2.45, 2.75) is 25.2 Å². The lowest BCUT2D eigenvalue weighted by molar-refractivity contribution is 0.591. The molecule has 1 heteroatoms. The van der Waals surface area contributed by atoms with E-state index in [-0.39, 0.29) is 0 Å². The van der Waals surface area contributed by atoms with Crippen molar-refractivity contribution in [3.05, 3.63) is 48.0 Å². The first-order chi connectivity index (χ1) is 8.34. The predicted octanol–water partition coefficient (Wildman–Crippen LogP) is 3.48. The molecule has 1 aliphatic rings. The lowest BCUT2D eigenvalue weighted by Crippen LogP contribution is -2.26. The van der Waals surface area contributed by atoms with E-state index >= 15 is 0 Å². The Balaban J connectivity index is 1.95. The Morgan fingerprint density at radius 3 is 2.53 bits per heavy atom. The molecule has 0 aliphatic heterocycles. The smallest absolute Gasteiger partial charge is 0.00786 e. The number of hydrogen-bond acceptors (Lipinski definition) is 1. The SMILES string of the molecule is CCNCC1(c2ccc3ccccc3c2)CC1. The van der Waals surface area contributed by atoms with Crippen LogP contribution in [-0.2, 0) is 5.41 Å². The van der Waals surface area contributed by atoms with Gasteiger partial charge in [0.25, 0.3) is 0 Å². The van der Waals surface area contributed by atoms with Crippen LogP contribution in [0.4, 0.5) is 0 Å². The van der Waals surface area contributed by atoms with Crippen LogP contribution in [0.1, 0.15) is 25.3 Å². The molecule has 0 radical (unpaired) electrons. The number of fused-ring (bicyclic) bond motifs is 1. The van der Waals surface area contributed by atoms with Gasteiger partial charge in [-0.3, -0.25) is 0 Å². The molecule has 1 aliphatic carbocycles. The van der Waals surface area contributed by atoms with Crippen molar-refractivity contribution in [2.24, 2.45) is 0 Å². The van der Waals surface area contributed by atoms with Crippen LogP contribution < -0.4 is 5.32 Å². The monoisotopic (exact) mass is 225 g/mol. The topological polar surface area (TPSA) is 12.0 Å². The first kappa shape index (κ1) is 10.8. The molecule has 0 spiro atoms. The van der Waals surface area contributed by atoms with Crippen LogP contribution in [-0.4, -0.2) is 13.1 Å². The normalized spacial score (nSPS) is 17.2. The van der Waals surface area contributed by atoms with Gasteiger partial charge < -0.3 is 5.32 Å². The summed E-state index contributed by atoms with van der Waals surface area (Å²) in [6.45, 7) is 4.37. The summed E-state index contributed by atoms with van der Waals surface area (Å²) in [6.07, 6.45) is 2.66. The second-order valence-corrected chi connectivity index (χ2v) is 5.12. The molecule has 17 heavy (non-hydrogen) atoms. The zero-order valence-corrected chi connectivity index (χ0v) is 10.4. The van der Waals surface area contributed by atoms with Gasteiger partial charge in [0.05, 0.1) is 0 Å². The molecule has 3 rings (SSSR count). The average molecular weight is 225 g/mol. The highest BCUT2D eigenvalue weighted by atomic mass is 14.9. The maximum absolute atomic E-state index is 3.50. The van der Waals surface area contributed by atoms with E-state index in [9.17, 15) is 0 Å². The fourth-order valence-electron chi connectivity index (χ4n) is 2.60.